The van der Waals surface area contributed by atoms with E-state index in [1.54, 1.807) is 0 Å². The fourth-order valence-corrected chi connectivity index (χ4v) is 2.31. The monoisotopic (exact) mass is 207 g/mol. The molecular weight excluding hydrogens is 193 g/mol. The minimum atomic E-state index is -0.559. The van der Waals surface area contributed by atoms with Crippen LogP contribution >= 0.6 is 0 Å². The van der Waals surface area contributed by atoms with Crippen molar-refractivity contribution in [2.45, 2.75) is 19.5 Å². The average Bonchev–Trinajstić information content (AvgIpc) is 2.74. The summed E-state index contributed by atoms with van der Waals surface area (Å²) in [4.78, 5) is 10.7. The molecule has 1 aromatic heterocycles. The van der Waals surface area contributed by atoms with Crippen LogP contribution in [0.25, 0.3) is 0 Å². The number of aromatic nitrogens is 2. The Morgan fingerprint density at radius 1 is 1.33 bits per heavy atom. The first-order valence-corrected chi connectivity index (χ1v) is 5.49. The molecule has 3 rings (SSSR count). The van der Waals surface area contributed by atoms with Crippen LogP contribution in [0.4, 0.5) is 10.3 Å². The van der Waals surface area contributed by atoms with Crippen LogP contribution in [-0.4, -0.2) is 29.2 Å². The molecule has 1 aromatic rings. The Labute approximate surface area is 88.3 Å². The highest BCUT2D eigenvalue weighted by Crippen LogP contribution is 2.48. The molecule has 2 aliphatic rings. The second-order valence-corrected chi connectivity index (χ2v) is 4.42. The van der Waals surface area contributed by atoms with Crippen LogP contribution < -0.4 is 4.90 Å². The summed E-state index contributed by atoms with van der Waals surface area (Å²) in [6, 6.07) is 0. The summed E-state index contributed by atoms with van der Waals surface area (Å²) in [6.07, 6.45) is 4.12. The first-order chi connectivity index (χ1) is 7.29. The van der Waals surface area contributed by atoms with Gasteiger partial charge in [0.25, 0.3) is 0 Å². The number of halogens is 1. The van der Waals surface area contributed by atoms with Gasteiger partial charge in [0.15, 0.2) is 0 Å². The molecule has 2 heterocycles. The van der Waals surface area contributed by atoms with Crippen molar-refractivity contribution in [1.82, 2.24) is 9.97 Å². The van der Waals surface area contributed by atoms with E-state index in [2.05, 4.69) is 21.8 Å². The minimum Gasteiger partial charge on any atom is -0.340 e. The third-order valence-corrected chi connectivity index (χ3v) is 3.47. The number of hydrogen-bond acceptors (Lipinski definition) is 3. The first kappa shape index (κ1) is 9.07. The average molecular weight is 207 g/mol. The summed E-state index contributed by atoms with van der Waals surface area (Å²) in [6.45, 7) is 3.66. The molecule has 3 nitrogen and oxygen atoms in total. The Morgan fingerprint density at radius 2 is 1.93 bits per heavy atom. The summed E-state index contributed by atoms with van der Waals surface area (Å²) in [5.41, 5.74) is 1.14. The fourth-order valence-electron chi connectivity index (χ4n) is 2.31. The van der Waals surface area contributed by atoms with Crippen LogP contribution in [0.3, 0.4) is 0 Å². The smallest absolute Gasteiger partial charge is 0.225 e. The standard InChI is InChI=1S/C11H14FN3/c1-2-7-3-13-11(14-4-7)15-5-8-9(6-15)10(8)12/h3-4,8-10H,2,5-6H2,1H3/t8-,9+,10+. The molecule has 2 fully saturated rings. The number of fused-ring (bicyclic) bond motifs is 1. The summed E-state index contributed by atoms with van der Waals surface area (Å²) in [5, 5.41) is 0. The van der Waals surface area contributed by atoms with Crippen molar-refractivity contribution in [1.29, 1.82) is 0 Å². The third kappa shape index (κ3) is 1.39. The van der Waals surface area contributed by atoms with Gasteiger partial charge in [-0.15, -0.1) is 0 Å². The summed E-state index contributed by atoms with van der Waals surface area (Å²) in [7, 11) is 0. The highest BCUT2D eigenvalue weighted by Gasteiger charge is 2.57. The lowest BCUT2D eigenvalue weighted by Crippen LogP contribution is -2.26. The van der Waals surface area contributed by atoms with Crippen molar-refractivity contribution >= 4 is 5.95 Å². The zero-order valence-corrected chi connectivity index (χ0v) is 8.73. The molecule has 0 N–H and O–H groups in total. The zero-order chi connectivity index (χ0) is 10.4. The van der Waals surface area contributed by atoms with E-state index in [0.29, 0.717) is 0 Å². The van der Waals surface area contributed by atoms with E-state index in [0.717, 1.165) is 31.0 Å². The van der Waals surface area contributed by atoms with Gasteiger partial charge in [-0.2, -0.15) is 0 Å². The molecule has 15 heavy (non-hydrogen) atoms. The van der Waals surface area contributed by atoms with Gasteiger partial charge in [-0.25, -0.2) is 14.4 Å². The van der Waals surface area contributed by atoms with E-state index in [9.17, 15) is 4.39 Å². The number of anilines is 1. The maximum Gasteiger partial charge on any atom is 0.225 e. The molecule has 3 atom stereocenters. The van der Waals surface area contributed by atoms with Crippen LogP contribution in [0.5, 0.6) is 0 Å². The summed E-state index contributed by atoms with van der Waals surface area (Å²) in [5.74, 6) is 1.26. The number of rotatable bonds is 2. The Kier molecular flexibility index (Phi) is 1.90. The van der Waals surface area contributed by atoms with E-state index in [1.807, 2.05) is 12.4 Å². The van der Waals surface area contributed by atoms with Gasteiger partial charge in [0, 0.05) is 37.3 Å². The highest BCUT2D eigenvalue weighted by molar-refractivity contribution is 5.36. The maximum atomic E-state index is 13.0. The Morgan fingerprint density at radius 3 is 2.47 bits per heavy atom. The number of aryl methyl sites for hydroxylation is 1. The molecule has 0 unspecified atom stereocenters. The minimum absolute atomic E-state index is 0.249. The predicted octanol–water partition coefficient (Wildman–Crippen LogP) is 1.44. The van der Waals surface area contributed by atoms with Gasteiger partial charge in [-0.3, -0.25) is 0 Å². The lowest BCUT2D eigenvalue weighted by molar-refractivity contribution is 0.415. The molecule has 1 saturated heterocycles. The Hall–Kier alpha value is -1.19. The lowest BCUT2D eigenvalue weighted by atomic mass is 10.3. The molecule has 0 aromatic carbocycles. The second-order valence-electron chi connectivity index (χ2n) is 4.42. The van der Waals surface area contributed by atoms with Crippen LogP contribution in [0.1, 0.15) is 12.5 Å². The molecule has 0 bridgehead atoms. The summed E-state index contributed by atoms with van der Waals surface area (Å²) < 4.78 is 13.0. The first-order valence-electron chi connectivity index (χ1n) is 5.49. The van der Waals surface area contributed by atoms with Crippen LogP contribution in [-0.2, 0) is 6.42 Å². The van der Waals surface area contributed by atoms with E-state index in [4.69, 9.17) is 0 Å². The van der Waals surface area contributed by atoms with Gasteiger partial charge in [-0.1, -0.05) is 6.92 Å². The quantitative estimate of drug-likeness (QED) is 0.735. The van der Waals surface area contributed by atoms with Crippen LogP contribution in [0.15, 0.2) is 12.4 Å². The maximum absolute atomic E-state index is 13.0. The molecule has 80 valence electrons. The number of hydrogen-bond donors (Lipinski definition) is 0. The van der Waals surface area contributed by atoms with Crippen molar-refractivity contribution in [3.63, 3.8) is 0 Å². The number of alkyl halides is 1. The molecule has 0 spiro atoms. The van der Waals surface area contributed by atoms with Crippen molar-refractivity contribution < 1.29 is 4.39 Å². The van der Waals surface area contributed by atoms with Gasteiger partial charge in [0.2, 0.25) is 5.95 Å². The van der Waals surface area contributed by atoms with Gasteiger partial charge < -0.3 is 4.90 Å². The van der Waals surface area contributed by atoms with Crippen LogP contribution in [0.2, 0.25) is 0 Å². The van der Waals surface area contributed by atoms with Gasteiger partial charge in [0.05, 0.1) is 0 Å². The molecule has 1 saturated carbocycles. The highest BCUT2D eigenvalue weighted by atomic mass is 19.1. The SMILES string of the molecule is CCc1cnc(N2C[C@@H]3[C@@H](F)[C@@H]3C2)nc1. The Bertz CT molecular complexity index is 353. The number of nitrogens with zero attached hydrogens (tertiary/aromatic N) is 3. The van der Waals surface area contributed by atoms with Gasteiger partial charge >= 0.3 is 0 Å². The Balaban J connectivity index is 1.72. The molecule has 1 aliphatic heterocycles. The van der Waals surface area contributed by atoms with Crippen molar-refractivity contribution in [2.24, 2.45) is 11.8 Å². The van der Waals surface area contributed by atoms with Crippen molar-refractivity contribution in [3.8, 4) is 0 Å². The van der Waals surface area contributed by atoms with Crippen LogP contribution in [0, 0.1) is 11.8 Å². The van der Waals surface area contributed by atoms with E-state index in [-0.39, 0.29) is 11.8 Å². The molecule has 0 amide bonds. The summed E-state index contributed by atoms with van der Waals surface area (Å²) >= 11 is 0. The molecule has 1 aliphatic carbocycles. The van der Waals surface area contributed by atoms with E-state index in [1.165, 1.54) is 0 Å². The largest absolute Gasteiger partial charge is 0.340 e. The normalized spacial score (nSPS) is 32.9. The van der Waals surface area contributed by atoms with E-state index < -0.39 is 6.17 Å². The fraction of sp³-hybridized carbons (Fsp3) is 0.636. The third-order valence-electron chi connectivity index (χ3n) is 3.47. The molecule has 4 heteroatoms. The zero-order valence-electron chi connectivity index (χ0n) is 8.73. The van der Waals surface area contributed by atoms with E-state index >= 15 is 0 Å². The second kappa shape index (κ2) is 3.15. The van der Waals surface area contributed by atoms with Gasteiger partial charge in [-0.05, 0) is 12.0 Å². The van der Waals surface area contributed by atoms with Crippen molar-refractivity contribution in [3.05, 3.63) is 18.0 Å². The number of piperidine rings is 1. The topological polar surface area (TPSA) is 29.0 Å². The lowest BCUT2D eigenvalue weighted by Gasteiger charge is -2.17. The molecular formula is C11H14FN3. The molecule has 0 radical (unpaired) electrons. The van der Waals surface area contributed by atoms with Crippen molar-refractivity contribution in [2.75, 3.05) is 18.0 Å². The van der Waals surface area contributed by atoms with Gasteiger partial charge in [0.1, 0.15) is 6.17 Å². The predicted molar refractivity (Wildman–Crippen MR) is 55.5 cm³/mol.